The van der Waals surface area contributed by atoms with Crippen molar-refractivity contribution >= 4 is 29.3 Å². The fourth-order valence-electron chi connectivity index (χ4n) is 3.93. The molecule has 0 atom stereocenters. The average Bonchev–Trinajstić information content (AvgIpc) is 3.03. The van der Waals surface area contributed by atoms with Crippen molar-refractivity contribution in [2.45, 2.75) is 38.0 Å². The molecule has 0 bridgehead atoms. The lowest BCUT2D eigenvalue weighted by Gasteiger charge is -2.23. The van der Waals surface area contributed by atoms with Crippen LogP contribution in [0.15, 0.2) is 23.5 Å². The minimum absolute atomic E-state index is 0.0187. The van der Waals surface area contributed by atoms with Gasteiger partial charge in [-0.25, -0.2) is 14.5 Å². The number of anilines is 1. The molecule has 1 aliphatic rings. The fraction of sp³-hybridized carbons (Fsp3) is 0.476. The van der Waals surface area contributed by atoms with E-state index in [1.165, 1.54) is 17.8 Å². The summed E-state index contributed by atoms with van der Waals surface area (Å²) in [7, 11) is 0. The molecule has 176 valence electrons. The van der Waals surface area contributed by atoms with Gasteiger partial charge < -0.3 is 9.80 Å². The van der Waals surface area contributed by atoms with E-state index in [0.29, 0.717) is 49.4 Å². The van der Waals surface area contributed by atoms with E-state index in [4.69, 9.17) is 0 Å². The van der Waals surface area contributed by atoms with E-state index >= 15 is 0 Å². The third kappa shape index (κ3) is 4.90. The first-order chi connectivity index (χ1) is 15.7. The van der Waals surface area contributed by atoms with Crippen molar-refractivity contribution in [3.05, 3.63) is 40.8 Å². The Hall–Kier alpha value is -2.89. The maximum Gasteiger partial charge on any atom is 0.417 e. The first kappa shape index (κ1) is 23.3. The first-order valence-electron chi connectivity index (χ1n) is 10.5. The van der Waals surface area contributed by atoms with Crippen molar-refractivity contribution in [1.29, 1.82) is 0 Å². The summed E-state index contributed by atoms with van der Waals surface area (Å²) < 4.78 is 40.1. The molecule has 1 amide bonds. The molecule has 33 heavy (non-hydrogen) atoms. The van der Waals surface area contributed by atoms with Crippen molar-refractivity contribution in [3.8, 4) is 0 Å². The Balaban J connectivity index is 1.45. The number of rotatable bonds is 4. The summed E-state index contributed by atoms with van der Waals surface area (Å²) in [5, 5.41) is 5.05. The van der Waals surface area contributed by atoms with Crippen LogP contribution >= 0.6 is 11.8 Å². The Morgan fingerprint density at radius 2 is 1.91 bits per heavy atom. The van der Waals surface area contributed by atoms with Gasteiger partial charge in [-0.15, -0.1) is 5.10 Å². The SMILES string of the molecule is CSc1nc2nc(C)c(CC(=O)N3CCCN(c4ccc(C(F)(F)F)cn4)CC3)c(C)n2n1. The number of aryl methyl sites for hydroxylation is 2. The normalized spacial score (nSPS) is 15.2. The number of amides is 1. The van der Waals surface area contributed by atoms with Crippen LogP contribution in [0.1, 0.15) is 28.9 Å². The lowest BCUT2D eigenvalue weighted by atomic mass is 10.1. The quantitative estimate of drug-likeness (QED) is 0.532. The van der Waals surface area contributed by atoms with Gasteiger partial charge in [0.05, 0.1) is 12.0 Å². The van der Waals surface area contributed by atoms with Gasteiger partial charge in [-0.3, -0.25) is 4.79 Å². The van der Waals surface area contributed by atoms with Gasteiger partial charge >= 0.3 is 6.18 Å². The number of halogens is 3. The highest BCUT2D eigenvalue weighted by Gasteiger charge is 2.31. The number of nitrogens with zero attached hydrogens (tertiary/aromatic N) is 7. The van der Waals surface area contributed by atoms with Crippen LogP contribution in [0, 0.1) is 13.8 Å². The van der Waals surface area contributed by atoms with E-state index < -0.39 is 11.7 Å². The predicted molar refractivity (Wildman–Crippen MR) is 118 cm³/mol. The molecule has 0 aliphatic carbocycles. The molecule has 4 heterocycles. The molecule has 1 fully saturated rings. The van der Waals surface area contributed by atoms with E-state index in [-0.39, 0.29) is 12.3 Å². The molecule has 3 aromatic rings. The van der Waals surface area contributed by atoms with E-state index in [0.717, 1.165) is 29.2 Å². The average molecular weight is 480 g/mol. The number of pyridine rings is 1. The summed E-state index contributed by atoms with van der Waals surface area (Å²) in [4.78, 5) is 29.7. The molecular formula is C21H24F3N7OS. The molecule has 1 aliphatic heterocycles. The number of hydrogen-bond donors (Lipinski definition) is 0. The summed E-state index contributed by atoms with van der Waals surface area (Å²) in [6.45, 7) is 5.93. The number of carbonyl (C=O) groups is 1. The van der Waals surface area contributed by atoms with Crippen LogP contribution in [0.3, 0.4) is 0 Å². The van der Waals surface area contributed by atoms with Gasteiger partial charge in [0.1, 0.15) is 5.82 Å². The number of fused-ring (bicyclic) bond motifs is 1. The summed E-state index contributed by atoms with van der Waals surface area (Å²) in [5.41, 5.74) is 1.64. The molecule has 0 saturated carbocycles. The third-order valence-corrected chi connectivity index (χ3v) is 6.33. The monoisotopic (exact) mass is 479 g/mol. The summed E-state index contributed by atoms with van der Waals surface area (Å²) in [5.74, 6) is 0.976. The van der Waals surface area contributed by atoms with Gasteiger partial charge in [-0.1, -0.05) is 11.8 Å². The van der Waals surface area contributed by atoms with Gasteiger partial charge in [0.25, 0.3) is 5.78 Å². The maximum absolute atomic E-state index is 13.1. The summed E-state index contributed by atoms with van der Waals surface area (Å²) >= 11 is 1.43. The molecule has 8 nitrogen and oxygen atoms in total. The van der Waals surface area contributed by atoms with Gasteiger partial charge in [-0.05, 0) is 38.7 Å². The molecule has 0 N–H and O–H groups in total. The molecule has 3 aromatic heterocycles. The van der Waals surface area contributed by atoms with Crippen LogP contribution in [-0.4, -0.2) is 67.8 Å². The number of hydrogen-bond acceptors (Lipinski definition) is 7. The van der Waals surface area contributed by atoms with Crippen LogP contribution < -0.4 is 4.90 Å². The van der Waals surface area contributed by atoms with Crippen LogP contribution in [0.25, 0.3) is 5.78 Å². The van der Waals surface area contributed by atoms with Crippen LogP contribution in [0.5, 0.6) is 0 Å². The van der Waals surface area contributed by atoms with Crippen LogP contribution in [-0.2, 0) is 17.4 Å². The number of carbonyl (C=O) groups excluding carboxylic acids is 1. The topological polar surface area (TPSA) is 79.5 Å². The van der Waals surface area contributed by atoms with Gasteiger partial charge in [0, 0.05) is 49.3 Å². The van der Waals surface area contributed by atoms with Crippen molar-refractivity contribution in [1.82, 2.24) is 29.5 Å². The van der Waals surface area contributed by atoms with E-state index in [9.17, 15) is 18.0 Å². The minimum Gasteiger partial charge on any atom is -0.355 e. The molecule has 0 spiro atoms. The lowest BCUT2D eigenvalue weighted by molar-refractivity contribution is -0.137. The molecule has 1 saturated heterocycles. The molecule has 0 aromatic carbocycles. The minimum atomic E-state index is -4.41. The molecule has 0 unspecified atom stereocenters. The zero-order valence-corrected chi connectivity index (χ0v) is 19.4. The smallest absolute Gasteiger partial charge is 0.355 e. The second kappa shape index (κ2) is 9.16. The first-order valence-corrected chi connectivity index (χ1v) is 11.7. The van der Waals surface area contributed by atoms with Crippen molar-refractivity contribution in [2.75, 3.05) is 37.3 Å². The second-order valence-electron chi connectivity index (χ2n) is 7.87. The molecule has 12 heteroatoms. The molecule has 4 rings (SSSR count). The van der Waals surface area contributed by atoms with Crippen molar-refractivity contribution < 1.29 is 18.0 Å². The van der Waals surface area contributed by atoms with Gasteiger partial charge in [0.15, 0.2) is 0 Å². The lowest BCUT2D eigenvalue weighted by Crippen LogP contribution is -2.36. The summed E-state index contributed by atoms with van der Waals surface area (Å²) in [6.07, 6.45) is -0.767. The van der Waals surface area contributed by atoms with Crippen LogP contribution in [0.4, 0.5) is 19.0 Å². The number of aromatic nitrogens is 5. The Bertz CT molecular complexity index is 1160. The fourth-order valence-corrected chi connectivity index (χ4v) is 4.27. The zero-order valence-electron chi connectivity index (χ0n) is 18.6. The van der Waals surface area contributed by atoms with Gasteiger partial charge in [-0.2, -0.15) is 18.2 Å². The highest BCUT2D eigenvalue weighted by Crippen LogP contribution is 2.29. The highest BCUT2D eigenvalue weighted by atomic mass is 32.2. The Kier molecular flexibility index (Phi) is 6.46. The van der Waals surface area contributed by atoms with Crippen molar-refractivity contribution in [3.63, 3.8) is 0 Å². The molecule has 0 radical (unpaired) electrons. The summed E-state index contributed by atoms with van der Waals surface area (Å²) in [6, 6.07) is 2.42. The van der Waals surface area contributed by atoms with Gasteiger partial charge in [0.2, 0.25) is 11.1 Å². The highest BCUT2D eigenvalue weighted by molar-refractivity contribution is 7.98. The van der Waals surface area contributed by atoms with E-state index in [1.807, 2.05) is 25.0 Å². The Morgan fingerprint density at radius 1 is 1.12 bits per heavy atom. The standard InChI is InChI=1S/C21H24F3N7OS/c1-13-16(14(2)31-19(26-13)27-20(28-31)33-3)11-18(32)30-8-4-7-29(9-10-30)17-6-5-15(12-25-17)21(22,23)24/h5-6,12H,4,7-11H2,1-3H3. The number of thioether (sulfide) groups is 1. The van der Waals surface area contributed by atoms with E-state index in [2.05, 4.69) is 20.1 Å². The molecular weight excluding hydrogens is 455 g/mol. The number of alkyl halides is 3. The predicted octanol–water partition coefficient (Wildman–Crippen LogP) is 3.16. The third-order valence-electron chi connectivity index (χ3n) is 5.79. The Labute approximate surface area is 193 Å². The van der Waals surface area contributed by atoms with E-state index in [1.54, 1.807) is 9.42 Å². The maximum atomic E-state index is 13.1. The largest absolute Gasteiger partial charge is 0.417 e. The van der Waals surface area contributed by atoms with Crippen LogP contribution in [0.2, 0.25) is 0 Å². The second-order valence-corrected chi connectivity index (χ2v) is 8.65. The Morgan fingerprint density at radius 3 is 2.58 bits per heavy atom. The zero-order chi connectivity index (χ0) is 23.8. The van der Waals surface area contributed by atoms with Crippen molar-refractivity contribution in [2.24, 2.45) is 0 Å².